The molecule has 9 fully saturated rings. The van der Waals surface area contributed by atoms with Crippen LogP contribution in [0.3, 0.4) is 0 Å². The van der Waals surface area contributed by atoms with Crippen LogP contribution in [0.1, 0.15) is 203 Å². The van der Waals surface area contributed by atoms with E-state index in [4.69, 9.17) is 0 Å². The van der Waals surface area contributed by atoms with Gasteiger partial charge >= 0.3 is 0 Å². The molecule has 0 aromatic rings. The highest BCUT2D eigenvalue weighted by Gasteiger charge is 2.61. The van der Waals surface area contributed by atoms with Crippen LogP contribution in [0.2, 0.25) is 0 Å². The summed E-state index contributed by atoms with van der Waals surface area (Å²) in [4.78, 5) is 0. The lowest BCUT2D eigenvalue weighted by Gasteiger charge is -2.54. The third-order valence-electron chi connectivity index (χ3n) is 25.3. The molecule has 0 amide bonds. The molecule has 0 saturated heterocycles. The predicted molar refractivity (Wildman–Crippen MR) is 298 cm³/mol. The summed E-state index contributed by atoms with van der Waals surface area (Å²) in [7, 11) is 0. The lowest BCUT2D eigenvalue weighted by molar-refractivity contribution is -0.0357. The van der Waals surface area contributed by atoms with Crippen LogP contribution in [-0.4, -0.2) is 49.2 Å². The fourth-order valence-corrected chi connectivity index (χ4v) is 22.2. The number of allylic oxidation sites excluding steroid dienone is 5. The Bertz CT molecular complexity index is 2200. The van der Waals surface area contributed by atoms with Crippen LogP contribution in [0, 0.1) is 105 Å². The normalized spacial score (nSPS) is 49.9. The van der Waals surface area contributed by atoms with Crippen LogP contribution in [0.25, 0.3) is 0 Å². The van der Waals surface area contributed by atoms with Crippen molar-refractivity contribution in [3.8, 4) is 0 Å². The molecule has 0 bridgehead atoms. The monoisotopic (exact) mass is 1090 g/mol. The summed E-state index contributed by atoms with van der Waals surface area (Å²) in [6.07, 6.45) is 23.4. The van der Waals surface area contributed by atoms with Crippen molar-refractivity contribution in [1.82, 2.24) is 0 Å². The first kappa shape index (κ1) is 55.8. The van der Waals surface area contributed by atoms with Crippen LogP contribution < -0.4 is 0 Å². The molecule has 0 radical (unpaired) electrons. The molecule has 0 heterocycles. The zero-order chi connectivity index (χ0) is 53.2. The molecule has 21 atom stereocenters. The molecule has 0 aliphatic heterocycles. The van der Waals surface area contributed by atoms with E-state index in [0.29, 0.717) is 138 Å². The van der Waals surface area contributed by atoms with Crippen molar-refractivity contribution in [1.29, 1.82) is 0 Å². The quantitative estimate of drug-likeness (QED) is 0.163. The van der Waals surface area contributed by atoms with Gasteiger partial charge in [0, 0.05) is 24.6 Å². The topological polar surface area (TPSA) is 80.9 Å². The molecule has 0 spiro atoms. The highest BCUT2D eigenvalue weighted by molar-refractivity contribution is 9.09. The molecule has 12 aliphatic rings. The minimum Gasteiger partial charge on any atom is -0.392 e. The molecule has 9 saturated carbocycles. The Hall–Kier alpha value is -1.45. The largest absolute Gasteiger partial charge is 0.392 e. The second kappa shape index (κ2) is 20.3. The number of hydrogen-bond acceptors (Lipinski definition) is 4. The number of aliphatic hydroxyl groups excluding tert-OH is 1. The molecule has 74 heavy (non-hydrogen) atoms. The fraction of sp³-hybridized carbons (Fsp3) is 0.818. The summed E-state index contributed by atoms with van der Waals surface area (Å²) in [5, 5.41) is 41.7. The van der Waals surface area contributed by atoms with Gasteiger partial charge in [0.1, 0.15) is 0 Å². The van der Waals surface area contributed by atoms with Crippen LogP contribution in [0.4, 0.5) is 13.2 Å². The Morgan fingerprint density at radius 1 is 0.459 bits per heavy atom. The Balaban J connectivity index is 0.000000127. The van der Waals surface area contributed by atoms with Gasteiger partial charge in [-0.15, -0.1) is 0 Å². The SMILES string of the molecule is C=C(C)[C@H]1CC[C@H]2[C@@H]3CC(F)=C4C[C@@](C)(O)CC[C@@H]4[C@H]3CC[C@]12C.C=C(CBr)[C@H]1CC[C@H]2[C@@H]3CC(F)=C4C[C@@](C)(O)CC[C@@H]4[C@H]3CC[C@]12C.C=C(CO)[C@H]1CC[C@H]2[C@@H]3CC(F)=C4C[C@@](C)(O)CC[C@@H]4[C@H]3CC[C@]12C. The zero-order valence-electron chi connectivity index (χ0n) is 47.0. The van der Waals surface area contributed by atoms with Gasteiger partial charge in [-0.3, -0.25) is 0 Å². The van der Waals surface area contributed by atoms with Gasteiger partial charge in [0.2, 0.25) is 0 Å². The molecular weight excluding hydrogens is 994 g/mol. The first-order valence-electron chi connectivity index (χ1n) is 30.2. The second-order valence-corrected chi connectivity index (χ2v) is 30.2. The standard InChI is InChI=1S/C22H32BrFO.C22H33FO2.C22H33FO/c1-13(12-23)18-4-5-19-16-10-20(24)17-11-21(2,25)8-6-15(17)14(16)7-9-22(18,19)3;1-13(12-24)18-4-5-19-16-10-20(23)17-11-21(2,25)8-6-15(17)14(16)7-9-22(18,19)3;1-13(2)18-5-6-19-16-11-20(23)17-12-21(3,24)9-7-15(17)14(16)8-10-22(18,19)4/h14-16,18-19,25H,1,4-12H2,2-3H3;14-16,18-19,24-25H,1,4-12H2,2-3H3;14-16,18-19,24H,1,5-12H2,2-4H3/t3*14-,15-,16-,18-,19+,21+,22-/m111/s1. The van der Waals surface area contributed by atoms with Gasteiger partial charge in [-0.2, -0.15) is 0 Å². The molecule has 4 N–H and O–H groups in total. The molecule has 4 nitrogen and oxygen atoms in total. The van der Waals surface area contributed by atoms with Crippen molar-refractivity contribution >= 4 is 15.9 Å². The smallest absolute Gasteiger partial charge is 0.0998 e. The highest BCUT2D eigenvalue weighted by atomic mass is 79.9. The fourth-order valence-electron chi connectivity index (χ4n) is 21.8. The molecule has 0 aromatic carbocycles. The number of rotatable bonds is 5. The van der Waals surface area contributed by atoms with Crippen molar-refractivity contribution < 1.29 is 33.6 Å². The molecule has 8 heteroatoms. The Labute approximate surface area is 454 Å². The minimum atomic E-state index is -0.726. The third-order valence-corrected chi connectivity index (χ3v) is 26.0. The van der Waals surface area contributed by atoms with E-state index >= 15 is 13.2 Å². The number of alkyl halides is 1. The maximum atomic E-state index is 15.1. The number of hydrogen-bond donors (Lipinski definition) is 4. The van der Waals surface area contributed by atoms with E-state index in [1.54, 1.807) is 0 Å². The Morgan fingerprint density at radius 3 is 1.08 bits per heavy atom. The van der Waals surface area contributed by atoms with Gasteiger partial charge in [0.05, 0.1) is 40.9 Å². The van der Waals surface area contributed by atoms with Crippen LogP contribution in [0.5, 0.6) is 0 Å². The third kappa shape index (κ3) is 9.60. The van der Waals surface area contributed by atoms with Gasteiger partial charge in [0.15, 0.2) is 0 Å². The van der Waals surface area contributed by atoms with Crippen LogP contribution >= 0.6 is 15.9 Å². The highest BCUT2D eigenvalue weighted by Crippen LogP contribution is 2.69. The maximum absolute atomic E-state index is 15.1. The second-order valence-electron chi connectivity index (χ2n) is 29.6. The van der Waals surface area contributed by atoms with Crippen molar-refractivity contribution in [2.75, 3.05) is 11.9 Å². The van der Waals surface area contributed by atoms with Gasteiger partial charge in [-0.25, -0.2) is 13.2 Å². The average Bonchev–Trinajstić information content (AvgIpc) is 4.01. The summed E-state index contributed by atoms with van der Waals surface area (Å²) in [5.41, 5.74) is 5.24. The van der Waals surface area contributed by atoms with E-state index in [-0.39, 0.29) is 29.5 Å². The van der Waals surface area contributed by atoms with Crippen molar-refractivity contribution in [2.45, 2.75) is 219 Å². The summed E-state index contributed by atoms with van der Waals surface area (Å²) < 4.78 is 45.2. The average molecular weight is 1090 g/mol. The molecule has 0 unspecified atom stereocenters. The van der Waals surface area contributed by atoms with Crippen molar-refractivity contribution in [3.05, 3.63) is 70.7 Å². The van der Waals surface area contributed by atoms with Crippen molar-refractivity contribution in [2.24, 2.45) is 105 Å². The summed E-state index contributed by atoms with van der Waals surface area (Å²) >= 11 is 3.61. The number of aliphatic hydroxyl groups is 4. The first-order valence-corrected chi connectivity index (χ1v) is 31.4. The summed E-state index contributed by atoms with van der Waals surface area (Å²) in [5.74, 6) is 8.28. The van der Waals surface area contributed by atoms with E-state index in [9.17, 15) is 20.4 Å². The minimum absolute atomic E-state index is 0.0805. The van der Waals surface area contributed by atoms with Crippen LogP contribution in [-0.2, 0) is 0 Å². The lowest BCUT2D eigenvalue weighted by Crippen LogP contribution is -2.48. The number of halogens is 4. The first-order chi connectivity index (χ1) is 34.8. The van der Waals surface area contributed by atoms with Gasteiger partial charge in [-0.1, -0.05) is 67.6 Å². The maximum Gasteiger partial charge on any atom is 0.0998 e. The molecule has 12 aliphatic carbocycles. The zero-order valence-corrected chi connectivity index (χ0v) is 48.6. The van der Waals surface area contributed by atoms with Gasteiger partial charge in [-0.05, 0) is 290 Å². The molecule has 414 valence electrons. The van der Waals surface area contributed by atoms with E-state index < -0.39 is 16.8 Å². The van der Waals surface area contributed by atoms with E-state index in [0.717, 1.165) is 85.4 Å². The Morgan fingerprint density at radius 2 is 0.770 bits per heavy atom. The molecule has 0 aromatic heterocycles. The van der Waals surface area contributed by atoms with E-state index in [1.807, 2.05) is 20.8 Å². The summed E-state index contributed by atoms with van der Waals surface area (Å²) in [6.45, 7) is 27.9. The Kier molecular flexibility index (Phi) is 15.3. The van der Waals surface area contributed by atoms with Gasteiger partial charge < -0.3 is 20.4 Å². The molecular formula is C66H98BrF3O4. The van der Waals surface area contributed by atoms with Crippen LogP contribution in [0.15, 0.2) is 70.7 Å². The van der Waals surface area contributed by atoms with Gasteiger partial charge in [0.25, 0.3) is 0 Å². The number of fused-ring (bicyclic) bond motifs is 15. The molecule has 12 rings (SSSR count). The predicted octanol–water partition coefficient (Wildman–Crippen LogP) is 16.7. The van der Waals surface area contributed by atoms with E-state index in [2.05, 4.69) is 63.4 Å². The summed E-state index contributed by atoms with van der Waals surface area (Å²) in [6, 6.07) is 0. The van der Waals surface area contributed by atoms with Crippen molar-refractivity contribution in [3.63, 3.8) is 0 Å². The van der Waals surface area contributed by atoms with E-state index in [1.165, 1.54) is 68.9 Å². The lowest BCUT2D eigenvalue weighted by atomic mass is 9.51.